The third kappa shape index (κ3) is 4.48. The molecule has 0 bridgehead atoms. The van der Waals surface area contributed by atoms with E-state index in [2.05, 4.69) is 0 Å². The van der Waals surface area contributed by atoms with E-state index in [4.69, 9.17) is 4.74 Å². The fourth-order valence-electron chi connectivity index (χ4n) is 2.57. The molecular weight excluding hydrogens is 342 g/mol. The highest BCUT2D eigenvalue weighted by molar-refractivity contribution is 7.92. The van der Waals surface area contributed by atoms with E-state index >= 15 is 0 Å². The van der Waals surface area contributed by atoms with Gasteiger partial charge in [0.2, 0.25) is 15.8 Å². The topological polar surface area (TPSA) is 80.8 Å². The normalized spacial score (nSPS) is 14.9. The van der Waals surface area contributed by atoms with Crippen LogP contribution in [-0.2, 0) is 19.6 Å². The Balaban J connectivity index is 2.48. The van der Waals surface area contributed by atoms with Crippen LogP contribution in [0, 0.1) is 5.92 Å². The van der Waals surface area contributed by atoms with Gasteiger partial charge >= 0.3 is 0 Å². The number of carbonyl (C=O) groups is 2. The molecule has 1 aromatic carbocycles. The van der Waals surface area contributed by atoms with Crippen molar-refractivity contribution >= 4 is 27.3 Å². The Morgan fingerprint density at radius 2 is 1.88 bits per heavy atom. The fraction of sp³-hybridized carbons (Fsp3) is 0.444. The van der Waals surface area contributed by atoms with Crippen LogP contribution in [0.3, 0.4) is 0 Å². The lowest BCUT2D eigenvalue weighted by Crippen LogP contribution is -2.31. The van der Waals surface area contributed by atoms with Crippen molar-refractivity contribution in [2.75, 3.05) is 23.7 Å². The van der Waals surface area contributed by atoms with Gasteiger partial charge in [-0.3, -0.25) is 13.9 Å². The minimum Gasteiger partial charge on any atom is -0.501 e. The standard InChI is InChI=1S/C18H23NO5S/c1-4-19(25(3,22)23)16-9-7-6-8-14(16)18(21)15(12-24-5-2)17(20)13-10-11-13/h6-9,12-13H,4-5,10-11H2,1-3H3. The molecule has 0 atom stereocenters. The maximum Gasteiger partial charge on any atom is 0.232 e. The van der Waals surface area contributed by atoms with Crippen LogP contribution in [0.4, 0.5) is 5.69 Å². The number of allylic oxidation sites excluding steroid dienone is 1. The monoisotopic (exact) mass is 365 g/mol. The third-order valence-corrected chi connectivity index (χ3v) is 5.19. The van der Waals surface area contributed by atoms with E-state index in [1.54, 1.807) is 32.0 Å². The predicted molar refractivity (Wildman–Crippen MR) is 96.1 cm³/mol. The number of carbonyl (C=O) groups excluding carboxylic acids is 2. The molecule has 7 heteroatoms. The Bertz CT molecular complexity index is 793. The molecule has 0 spiro atoms. The fourth-order valence-corrected chi connectivity index (χ4v) is 3.55. The van der Waals surface area contributed by atoms with Crippen LogP contribution in [0.1, 0.15) is 37.0 Å². The number of rotatable bonds is 9. The number of hydrogen-bond donors (Lipinski definition) is 0. The van der Waals surface area contributed by atoms with Crippen LogP contribution < -0.4 is 4.31 Å². The van der Waals surface area contributed by atoms with Crippen LogP contribution in [0.15, 0.2) is 36.1 Å². The first kappa shape index (κ1) is 19.2. The Hall–Kier alpha value is -2.15. The molecule has 1 saturated carbocycles. The van der Waals surface area contributed by atoms with Gasteiger partial charge in [0.15, 0.2) is 5.78 Å². The summed E-state index contributed by atoms with van der Waals surface area (Å²) >= 11 is 0. The molecule has 1 fully saturated rings. The van der Waals surface area contributed by atoms with Crippen LogP contribution in [0.2, 0.25) is 0 Å². The molecular formula is C18H23NO5S. The lowest BCUT2D eigenvalue weighted by atomic mass is 9.97. The summed E-state index contributed by atoms with van der Waals surface area (Å²) in [5.41, 5.74) is 0.416. The van der Waals surface area contributed by atoms with Gasteiger partial charge in [0.1, 0.15) is 5.57 Å². The Morgan fingerprint density at radius 3 is 2.40 bits per heavy atom. The molecule has 0 amide bonds. The first-order valence-corrected chi connectivity index (χ1v) is 10.1. The predicted octanol–water partition coefficient (Wildman–Crippen LogP) is 2.55. The molecule has 1 aromatic rings. The molecule has 0 unspecified atom stereocenters. The van der Waals surface area contributed by atoms with E-state index in [-0.39, 0.29) is 35.1 Å². The molecule has 0 aromatic heterocycles. The molecule has 136 valence electrons. The molecule has 1 aliphatic rings. The summed E-state index contributed by atoms with van der Waals surface area (Å²) in [4.78, 5) is 25.5. The first-order valence-electron chi connectivity index (χ1n) is 8.28. The van der Waals surface area contributed by atoms with Gasteiger partial charge in [0.05, 0.1) is 24.8 Å². The van der Waals surface area contributed by atoms with E-state index in [9.17, 15) is 18.0 Å². The van der Waals surface area contributed by atoms with E-state index in [0.717, 1.165) is 23.4 Å². The second-order valence-electron chi connectivity index (χ2n) is 5.90. The van der Waals surface area contributed by atoms with Crippen molar-refractivity contribution in [3.8, 4) is 0 Å². The van der Waals surface area contributed by atoms with Crippen LogP contribution in [-0.4, -0.2) is 39.4 Å². The molecule has 0 heterocycles. The van der Waals surface area contributed by atoms with Gasteiger partial charge in [-0.25, -0.2) is 8.42 Å². The highest BCUT2D eigenvalue weighted by Gasteiger charge is 2.36. The summed E-state index contributed by atoms with van der Waals surface area (Å²) in [6, 6.07) is 6.41. The second kappa shape index (κ2) is 7.82. The quantitative estimate of drug-likeness (QED) is 0.221. The highest BCUT2D eigenvalue weighted by Crippen LogP contribution is 2.34. The van der Waals surface area contributed by atoms with E-state index in [0.29, 0.717) is 6.61 Å². The van der Waals surface area contributed by atoms with E-state index < -0.39 is 15.8 Å². The number of nitrogens with zero attached hydrogens (tertiary/aromatic N) is 1. The van der Waals surface area contributed by atoms with Crippen molar-refractivity contribution in [2.45, 2.75) is 26.7 Å². The molecule has 0 saturated heterocycles. The first-order chi connectivity index (χ1) is 11.8. The van der Waals surface area contributed by atoms with Crippen molar-refractivity contribution in [2.24, 2.45) is 5.92 Å². The van der Waals surface area contributed by atoms with Gasteiger partial charge in [0.25, 0.3) is 0 Å². The molecule has 6 nitrogen and oxygen atoms in total. The third-order valence-electron chi connectivity index (χ3n) is 3.93. The number of ketones is 2. The maximum atomic E-state index is 13.0. The minimum atomic E-state index is -3.55. The van der Waals surface area contributed by atoms with Gasteiger partial charge in [-0.15, -0.1) is 0 Å². The summed E-state index contributed by atoms with van der Waals surface area (Å²) < 4.78 is 30.4. The number of anilines is 1. The summed E-state index contributed by atoms with van der Waals surface area (Å²) in [6.07, 6.45) is 3.82. The number of Topliss-reactive ketones (excluding diaryl/α,β-unsaturated/α-hetero) is 2. The lowest BCUT2D eigenvalue weighted by Gasteiger charge is -2.23. The Morgan fingerprint density at radius 1 is 1.24 bits per heavy atom. The van der Waals surface area contributed by atoms with Gasteiger partial charge in [-0.2, -0.15) is 0 Å². The summed E-state index contributed by atoms with van der Waals surface area (Å²) in [5, 5.41) is 0. The zero-order chi connectivity index (χ0) is 18.6. The number of ether oxygens (including phenoxy) is 1. The highest BCUT2D eigenvalue weighted by atomic mass is 32.2. The van der Waals surface area contributed by atoms with Gasteiger partial charge < -0.3 is 4.74 Å². The van der Waals surface area contributed by atoms with E-state index in [1.165, 1.54) is 12.3 Å². The smallest absolute Gasteiger partial charge is 0.232 e. The average molecular weight is 365 g/mol. The Kier molecular flexibility index (Phi) is 6.00. The molecule has 0 N–H and O–H groups in total. The van der Waals surface area contributed by atoms with Gasteiger partial charge in [-0.1, -0.05) is 12.1 Å². The van der Waals surface area contributed by atoms with Crippen LogP contribution in [0.25, 0.3) is 0 Å². The van der Waals surface area contributed by atoms with Crippen LogP contribution >= 0.6 is 0 Å². The Labute approximate surface area is 148 Å². The van der Waals surface area contributed by atoms with Crippen molar-refractivity contribution in [1.82, 2.24) is 0 Å². The summed E-state index contributed by atoms with van der Waals surface area (Å²) in [5.74, 6) is -0.890. The summed E-state index contributed by atoms with van der Waals surface area (Å²) in [7, 11) is -3.55. The minimum absolute atomic E-state index is 0.0265. The summed E-state index contributed by atoms with van der Waals surface area (Å²) in [6.45, 7) is 3.97. The van der Waals surface area contributed by atoms with E-state index in [1.807, 2.05) is 0 Å². The maximum absolute atomic E-state index is 13.0. The van der Waals surface area contributed by atoms with Gasteiger partial charge in [0, 0.05) is 18.0 Å². The van der Waals surface area contributed by atoms with Crippen LogP contribution in [0.5, 0.6) is 0 Å². The van der Waals surface area contributed by atoms with Crippen molar-refractivity contribution in [3.05, 3.63) is 41.7 Å². The van der Waals surface area contributed by atoms with Crippen molar-refractivity contribution < 1.29 is 22.7 Å². The largest absolute Gasteiger partial charge is 0.501 e. The number of para-hydroxylation sites is 1. The van der Waals surface area contributed by atoms with Gasteiger partial charge in [-0.05, 0) is 38.8 Å². The molecule has 1 aliphatic carbocycles. The SMILES string of the molecule is CCOC=C(C(=O)c1ccccc1N(CC)S(C)(=O)=O)C(=O)C1CC1. The lowest BCUT2D eigenvalue weighted by molar-refractivity contribution is -0.116. The zero-order valence-corrected chi connectivity index (χ0v) is 15.5. The molecule has 0 aliphatic heterocycles. The van der Waals surface area contributed by atoms with Crippen molar-refractivity contribution in [3.63, 3.8) is 0 Å². The second-order valence-corrected chi connectivity index (χ2v) is 7.81. The zero-order valence-electron chi connectivity index (χ0n) is 14.7. The average Bonchev–Trinajstić information content (AvgIpc) is 3.39. The number of hydrogen-bond acceptors (Lipinski definition) is 5. The number of benzene rings is 1. The molecule has 2 rings (SSSR count). The molecule has 25 heavy (non-hydrogen) atoms. The van der Waals surface area contributed by atoms with Crippen molar-refractivity contribution in [1.29, 1.82) is 0 Å². The molecule has 0 radical (unpaired) electrons. The number of sulfonamides is 1.